The zero-order valence-corrected chi connectivity index (χ0v) is 16.0. The molecule has 0 atom stereocenters. The lowest BCUT2D eigenvalue weighted by Gasteiger charge is -2.18. The molecule has 2 rings (SSSR count). The van der Waals surface area contributed by atoms with Gasteiger partial charge in [0.2, 0.25) is 11.8 Å². The van der Waals surface area contributed by atoms with Crippen LogP contribution in [0.15, 0.2) is 0 Å². The summed E-state index contributed by atoms with van der Waals surface area (Å²) in [6.07, 6.45) is 2.80. The lowest BCUT2D eigenvalue weighted by molar-refractivity contribution is -0.130. The van der Waals surface area contributed by atoms with Gasteiger partial charge in [-0.2, -0.15) is 0 Å². The Hall–Kier alpha value is -1.93. The number of hydrogen-bond donors (Lipinski definition) is 1. The molecule has 1 aliphatic carbocycles. The molecule has 138 valence electrons. The number of likely N-dealkylation sites (N-methyl/N-ethyl adjacent to an activating group) is 2. The van der Waals surface area contributed by atoms with Gasteiger partial charge in [0, 0.05) is 19.0 Å². The molecule has 1 aliphatic rings. The van der Waals surface area contributed by atoms with Crippen molar-refractivity contribution in [3.63, 3.8) is 0 Å². The number of rotatable bonds is 7. The van der Waals surface area contributed by atoms with E-state index < -0.39 is 0 Å². The highest BCUT2D eigenvalue weighted by molar-refractivity contribution is 7.17. The minimum atomic E-state index is -0.381. The Morgan fingerprint density at radius 2 is 1.88 bits per heavy atom. The van der Waals surface area contributed by atoms with Crippen LogP contribution in [0.4, 0.5) is 5.00 Å². The largest absolute Gasteiger partial charge is 0.462 e. The molecular weight excluding hydrogens is 342 g/mol. The fourth-order valence-electron chi connectivity index (χ4n) is 2.75. The minimum Gasteiger partial charge on any atom is -0.462 e. The van der Waals surface area contributed by atoms with Crippen LogP contribution in [0, 0.1) is 0 Å². The highest BCUT2D eigenvalue weighted by atomic mass is 32.1. The molecule has 1 aromatic rings. The molecule has 1 heterocycles. The molecule has 0 saturated heterocycles. The highest BCUT2D eigenvalue weighted by Gasteiger charge is 2.28. The molecule has 0 spiro atoms. The van der Waals surface area contributed by atoms with Gasteiger partial charge in [0.15, 0.2) is 0 Å². The first kappa shape index (κ1) is 19.4. The van der Waals surface area contributed by atoms with Gasteiger partial charge >= 0.3 is 5.97 Å². The standard InChI is InChI=1S/C17H25N3O4S/c1-5-24-17(23)15-11-7-6-8-12(11)25-16(15)18-13(21)9-20(4)10-14(22)19(2)3/h5-10H2,1-4H3,(H,18,21). The fourth-order valence-corrected chi connectivity index (χ4v) is 4.04. The number of carbonyl (C=O) groups excluding carboxylic acids is 3. The van der Waals surface area contributed by atoms with Crippen LogP contribution in [0.25, 0.3) is 0 Å². The van der Waals surface area contributed by atoms with Crippen molar-refractivity contribution in [3.8, 4) is 0 Å². The lowest BCUT2D eigenvalue weighted by Crippen LogP contribution is -2.38. The van der Waals surface area contributed by atoms with E-state index in [1.807, 2.05) is 0 Å². The number of ether oxygens (including phenoxy) is 1. The van der Waals surface area contributed by atoms with Crippen LogP contribution in [0.3, 0.4) is 0 Å². The van der Waals surface area contributed by atoms with Crippen LogP contribution in [-0.4, -0.2) is 68.4 Å². The van der Waals surface area contributed by atoms with Gasteiger partial charge in [-0.05, 0) is 38.8 Å². The third kappa shape index (κ3) is 4.79. The van der Waals surface area contributed by atoms with Crippen molar-refractivity contribution in [1.82, 2.24) is 9.80 Å². The van der Waals surface area contributed by atoms with E-state index in [1.54, 1.807) is 33.0 Å². The smallest absolute Gasteiger partial charge is 0.341 e. The summed E-state index contributed by atoms with van der Waals surface area (Å²) in [5, 5.41) is 3.38. The Labute approximate surface area is 151 Å². The molecule has 25 heavy (non-hydrogen) atoms. The summed E-state index contributed by atoms with van der Waals surface area (Å²) in [4.78, 5) is 40.6. The van der Waals surface area contributed by atoms with Crippen LogP contribution in [0.5, 0.6) is 0 Å². The predicted octanol–water partition coefficient (Wildman–Crippen LogP) is 1.37. The Morgan fingerprint density at radius 3 is 2.52 bits per heavy atom. The average Bonchev–Trinajstić information content (AvgIpc) is 3.06. The Morgan fingerprint density at radius 1 is 1.16 bits per heavy atom. The van der Waals surface area contributed by atoms with Crippen molar-refractivity contribution in [1.29, 1.82) is 0 Å². The quantitative estimate of drug-likeness (QED) is 0.737. The van der Waals surface area contributed by atoms with Gasteiger partial charge in [-0.15, -0.1) is 11.3 Å². The molecule has 0 aliphatic heterocycles. The second kappa shape index (κ2) is 8.44. The summed E-state index contributed by atoms with van der Waals surface area (Å²) in [7, 11) is 5.06. The van der Waals surface area contributed by atoms with Crippen LogP contribution in [0.2, 0.25) is 0 Å². The van der Waals surface area contributed by atoms with Crippen molar-refractivity contribution >= 4 is 34.1 Å². The summed E-state index contributed by atoms with van der Waals surface area (Å²) < 4.78 is 5.15. The van der Waals surface area contributed by atoms with Gasteiger partial charge in [0.25, 0.3) is 0 Å². The molecule has 1 aromatic heterocycles. The third-order valence-corrected chi connectivity index (χ3v) is 5.18. The second-order valence-corrected chi connectivity index (χ2v) is 7.40. The van der Waals surface area contributed by atoms with E-state index in [1.165, 1.54) is 16.2 Å². The number of nitrogens with one attached hydrogen (secondary N) is 1. The maximum Gasteiger partial charge on any atom is 0.341 e. The molecule has 2 amide bonds. The molecule has 0 fully saturated rings. The molecule has 7 nitrogen and oxygen atoms in total. The zero-order valence-electron chi connectivity index (χ0n) is 15.2. The van der Waals surface area contributed by atoms with Crippen molar-refractivity contribution in [2.24, 2.45) is 0 Å². The summed E-state index contributed by atoms with van der Waals surface area (Å²) in [5.74, 6) is -0.703. The molecular formula is C17H25N3O4S. The summed E-state index contributed by atoms with van der Waals surface area (Å²) >= 11 is 1.45. The van der Waals surface area contributed by atoms with E-state index >= 15 is 0 Å². The Bertz CT molecular complexity index is 669. The minimum absolute atomic E-state index is 0.0717. The summed E-state index contributed by atoms with van der Waals surface area (Å²) in [5.41, 5.74) is 1.51. The van der Waals surface area contributed by atoms with Crippen molar-refractivity contribution in [3.05, 3.63) is 16.0 Å². The molecule has 0 radical (unpaired) electrons. The Balaban J connectivity index is 2.06. The number of anilines is 1. The number of hydrogen-bond acceptors (Lipinski definition) is 6. The third-order valence-electron chi connectivity index (χ3n) is 3.97. The highest BCUT2D eigenvalue weighted by Crippen LogP contribution is 2.39. The first-order chi connectivity index (χ1) is 11.8. The zero-order chi connectivity index (χ0) is 18.6. The molecule has 8 heteroatoms. The summed E-state index contributed by atoms with van der Waals surface area (Å²) in [6, 6.07) is 0. The van der Waals surface area contributed by atoms with Crippen LogP contribution >= 0.6 is 11.3 Å². The van der Waals surface area contributed by atoms with E-state index in [0.29, 0.717) is 17.2 Å². The van der Waals surface area contributed by atoms with Gasteiger partial charge in [-0.3, -0.25) is 14.5 Å². The van der Waals surface area contributed by atoms with Crippen LogP contribution in [0.1, 0.15) is 34.1 Å². The normalized spacial score (nSPS) is 12.8. The van der Waals surface area contributed by atoms with E-state index in [2.05, 4.69) is 5.32 Å². The number of aryl methyl sites for hydroxylation is 1. The first-order valence-electron chi connectivity index (χ1n) is 8.33. The lowest BCUT2D eigenvalue weighted by atomic mass is 10.1. The van der Waals surface area contributed by atoms with Gasteiger partial charge < -0.3 is 15.0 Å². The fraction of sp³-hybridized carbons (Fsp3) is 0.588. The molecule has 0 bridgehead atoms. The molecule has 0 aromatic carbocycles. The van der Waals surface area contributed by atoms with Gasteiger partial charge in [-0.1, -0.05) is 0 Å². The maximum absolute atomic E-state index is 12.3. The van der Waals surface area contributed by atoms with E-state index in [9.17, 15) is 14.4 Å². The molecule has 0 unspecified atom stereocenters. The van der Waals surface area contributed by atoms with Gasteiger partial charge in [-0.25, -0.2) is 4.79 Å². The van der Waals surface area contributed by atoms with E-state index in [0.717, 1.165) is 29.7 Å². The van der Waals surface area contributed by atoms with Crippen molar-refractivity contribution in [2.45, 2.75) is 26.2 Å². The number of nitrogens with zero attached hydrogens (tertiary/aromatic N) is 2. The topological polar surface area (TPSA) is 79.0 Å². The number of thiophene rings is 1. The van der Waals surface area contributed by atoms with E-state index in [-0.39, 0.29) is 30.9 Å². The van der Waals surface area contributed by atoms with Crippen LogP contribution < -0.4 is 5.32 Å². The van der Waals surface area contributed by atoms with Crippen LogP contribution in [-0.2, 0) is 27.2 Å². The molecule has 0 saturated carbocycles. The monoisotopic (exact) mass is 367 g/mol. The first-order valence-corrected chi connectivity index (χ1v) is 9.15. The summed E-state index contributed by atoms with van der Waals surface area (Å²) in [6.45, 7) is 2.29. The Kier molecular flexibility index (Phi) is 6.55. The van der Waals surface area contributed by atoms with Gasteiger partial charge in [0.1, 0.15) is 5.00 Å². The van der Waals surface area contributed by atoms with Crippen molar-refractivity contribution < 1.29 is 19.1 Å². The number of carbonyl (C=O) groups is 3. The SMILES string of the molecule is CCOC(=O)c1c(NC(=O)CN(C)CC(=O)N(C)C)sc2c1CCC2. The van der Waals surface area contributed by atoms with E-state index in [4.69, 9.17) is 4.74 Å². The van der Waals surface area contributed by atoms with Crippen molar-refractivity contribution in [2.75, 3.05) is 46.2 Å². The molecule has 1 N–H and O–H groups in total. The number of fused-ring (bicyclic) bond motifs is 1. The maximum atomic E-state index is 12.3. The second-order valence-electron chi connectivity index (χ2n) is 6.29. The number of esters is 1. The van der Waals surface area contributed by atoms with Gasteiger partial charge in [0.05, 0.1) is 25.3 Å². The average molecular weight is 367 g/mol. The number of amides is 2. The predicted molar refractivity (Wildman–Crippen MR) is 97.1 cm³/mol.